The zero-order chi connectivity index (χ0) is 19.2. The molecule has 0 aliphatic carbocycles. The van der Waals surface area contributed by atoms with Gasteiger partial charge >= 0.3 is 0 Å². The van der Waals surface area contributed by atoms with E-state index in [2.05, 4.69) is 15.5 Å². The lowest BCUT2D eigenvalue weighted by atomic mass is 10.2. The third-order valence-corrected chi connectivity index (χ3v) is 6.01. The average molecular weight is 461 g/mol. The number of thioether (sulfide) groups is 1. The summed E-state index contributed by atoms with van der Waals surface area (Å²) in [5.74, 6) is 0.761. The van der Waals surface area contributed by atoms with Crippen LogP contribution in [0.4, 0.5) is 5.13 Å². The predicted octanol–water partition coefficient (Wildman–Crippen LogP) is 5.81. The Morgan fingerprint density at radius 2 is 1.81 bits per heavy atom. The maximum atomic E-state index is 12.0. The predicted molar refractivity (Wildman–Crippen MR) is 112 cm³/mol. The molecule has 1 aromatic heterocycles. The van der Waals surface area contributed by atoms with E-state index in [1.807, 2.05) is 24.3 Å². The van der Waals surface area contributed by atoms with Gasteiger partial charge in [0.1, 0.15) is 5.75 Å². The van der Waals surface area contributed by atoms with Crippen LogP contribution in [0.2, 0.25) is 15.1 Å². The number of anilines is 1. The molecule has 0 bridgehead atoms. The number of rotatable bonds is 7. The van der Waals surface area contributed by atoms with Gasteiger partial charge in [-0.05, 0) is 35.9 Å². The molecule has 1 N–H and O–H groups in total. The van der Waals surface area contributed by atoms with Crippen LogP contribution in [0.3, 0.4) is 0 Å². The van der Waals surface area contributed by atoms with Crippen LogP contribution >= 0.6 is 57.9 Å². The molecule has 0 radical (unpaired) electrons. The molecule has 0 aliphatic heterocycles. The maximum absolute atomic E-state index is 12.0. The van der Waals surface area contributed by atoms with Crippen molar-refractivity contribution in [2.75, 3.05) is 11.9 Å². The van der Waals surface area contributed by atoms with Crippen molar-refractivity contribution < 1.29 is 9.53 Å². The second-order valence-corrected chi connectivity index (χ2v) is 8.68. The summed E-state index contributed by atoms with van der Waals surface area (Å²) in [6.45, 7) is -0.200. The first-order valence-electron chi connectivity index (χ1n) is 7.58. The summed E-state index contributed by atoms with van der Waals surface area (Å²) in [4.78, 5) is 12.0. The summed E-state index contributed by atoms with van der Waals surface area (Å²) in [6.07, 6.45) is 0. The van der Waals surface area contributed by atoms with Gasteiger partial charge in [-0.15, -0.1) is 10.2 Å². The Kier molecular flexibility index (Phi) is 7.20. The third kappa shape index (κ3) is 6.26. The molecule has 10 heteroatoms. The van der Waals surface area contributed by atoms with Crippen LogP contribution in [-0.4, -0.2) is 22.7 Å². The van der Waals surface area contributed by atoms with Crippen molar-refractivity contribution in [1.29, 1.82) is 0 Å². The Hall–Kier alpha value is -1.51. The average Bonchev–Trinajstić information content (AvgIpc) is 3.08. The number of aromatic nitrogens is 2. The van der Waals surface area contributed by atoms with E-state index >= 15 is 0 Å². The van der Waals surface area contributed by atoms with Gasteiger partial charge in [0, 0.05) is 15.8 Å². The monoisotopic (exact) mass is 459 g/mol. The molecule has 3 aromatic rings. The summed E-state index contributed by atoms with van der Waals surface area (Å²) < 4.78 is 6.14. The fraction of sp³-hybridized carbons (Fsp3) is 0.118. The van der Waals surface area contributed by atoms with Gasteiger partial charge in [0.05, 0.1) is 5.02 Å². The Bertz CT molecular complexity index is 935. The minimum Gasteiger partial charge on any atom is -0.482 e. The molecule has 0 saturated carbocycles. The highest BCUT2D eigenvalue weighted by Gasteiger charge is 2.11. The number of nitrogens with zero attached hydrogens (tertiary/aromatic N) is 2. The number of halogens is 3. The van der Waals surface area contributed by atoms with Gasteiger partial charge in [-0.2, -0.15) is 0 Å². The first-order valence-corrected chi connectivity index (χ1v) is 10.5. The normalized spacial score (nSPS) is 10.6. The van der Waals surface area contributed by atoms with E-state index in [1.54, 1.807) is 18.2 Å². The Labute approximate surface area is 179 Å². The van der Waals surface area contributed by atoms with Crippen molar-refractivity contribution in [2.45, 2.75) is 10.1 Å². The van der Waals surface area contributed by atoms with Gasteiger partial charge in [0.2, 0.25) is 5.13 Å². The highest BCUT2D eigenvalue weighted by atomic mass is 35.5. The summed E-state index contributed by atoms with van der Waals surface area (Å²) in [7, 11) is 0. The van der Waals surface area contributed by atoms with Crippen molar-refractivity contribution in [3.63, 3.8) is 0 Å². The molecule has 140 valence electrons. The van der Waals surface area contributed by atoms with Crippen LogP contribution < -0.4 is 10.1 Å². The fourth-order valence-electron chi connectivity index (χ4n) is 1.94. The molecule has 0 saturated heterocycles. The van der Waals surface area contributed by atoms with Crippen molar-refractivity contribution in [3.05, 3.63) is 63.1 Å². The largest absolute Gasteiger partial charge is 0.482 e. The molecule has 5 nitrogen and oxygen atoms in total. The van der Waals surface area contributed by atoms with E-state index in [0.29, 0.717) is 25.9 Å². The van der Waals surface area contributed by atoms with E-state index in [1.165, 1.54) is 23.1 Å². The number of carbonyl (C=O) groups is 1. The molecule has 0 aliphatic rings. The topological polar surface area (TPSA) is 64.1 Å². The Morgan fingerprint density at radius 1 is 1.07 bits per heavy atom. The van der Waals surface area contributed by atoms with Crippen LogP contribution in [0.1, 0.15) is 5.56 Å². The Morgan fingerprint density at radius 3 is 2.56 bits per heavy atom. The van der Waals surface area contributed by atoms with Gasteiger partial charge in [-0.1, -0.05) is 70.0 Å². The molecular formula is C17H12Cl3N3O2S2. The number of hydrogen-bond donors (Lipinski definition) is 1. The van der Waals surface area contributed by atoms with Crippen LogP contribution in [0.5, 0.6) is 5.75 Å². The molecule has 2 aromatic carbocycles. The third-order valence-electron chi connectivity index (χ3n) is 3.18. The van der Waals surface area contributed by atoms with Gasteiger partial charge in [-0.25, -0.2) is 0 Å². The number of carbonyl (C=O) groups excluding carboxylic acids is 1. The lowest BCUT2D eigenvalue weighted by Gasteiger charge is -2.07. The van der Waals surface area contributed by atoms with Crippen molar-refractivity contribution in [1.82, 2.24) is 10.2 Å². The van der Waals surface area contributed by atoms with Gasteiger partial charge in [0.15, 0.2) is 10.9 Å². The summed E-state index contributed by atoms with van der Waals surface area (Å²) in [5.41, 5.74) is 1.12. The highest BCUT2D eigenvalue weighted by molar-refractivity contribution is 8.00. The quantitative estimate of drug-likeness (QED) is 0.356. The van der Waals surface area contributed by atoms with Gasteiger partial charge in [0.25, 0.3) is 5.91 Å². The van der Waals surface area contributed by atoms with E-state index in [-0.39, 0.29) is 12.5 Å². The molecule has 0 spiro atoms. The number of amides is 1. The lowest BCUT2D eigenvalue weighted by Crippen LogP contribution is -2.20. The summed E-state index contributed by atoms with van der Waals surface area (Å²) in [6, 6.07) is 12.4. The minimum atomic E-state index is -0.355. The number of benzene rings is 2. The lowest BCUT2D eigenvalue weighted by molar-refractivity contribution is -0.118. The molecule has 27 heavy (non-hydrogen) atoms. The minimum absolute atomic E-state index is 0.200. The zero-order valence-corrected chi connectivity index (χ0v) is 17.5. The summed E-state index contributed by atoms with van der Waals surface area (Å²) >= 11 is 20.5. The number of ether oxygens (including phenoxy) is 1. The van der Waals surface area contributed by atoms with E-state index < -0.39 is 0 Å². The first-order chi connectivity index (χ1) is 13.0. The molecule has 0 fully saturated rings. The van der Waals surface area contributed by atoms with Gasteiger partial charge in [-0.3, -0.25) is 10.1 Å². The second-order valence-electron chi connectivity index (χ2n) is 5.20. The van der Waals surface area contributed by atoms with E-state index in [0.717, 1.165) is 15.7 Å². The van der Waals surface area contributed by atoms with Crippen LogP contribution in [0.25, 0.3) is 0 Å². The molecule has 0 unspecified atom stereocenters. The fourth-order valence-corrected chi connectivity index (χ4v) is 4.25. The molecule has 0 atom stereocenters. The second kappa shape index (κ2) is 9.61. The standard InChI is InChI=1S/C17H12Cl3N3O2S2/c18-11-3-1-10(2-4-11)9-26-17-23-22-16(27-17)21-15(24)8-25-14-6-5-12(19)7-13(14)20/h1-7H,8-9H2,(H,21,22,24). The highest BCUT2D eigenvalue weighted by Crippen LogP contribution is 2.29. The van der Waals surface area contributed by atoms with Crippen molar-refractivity contribution in [3.8, 4) is 5.75 Å². The zero-order valence-electron chi connectivity index (χ0n) is 13.6. The van der Waals surface area contributed by atoms with Crippen LogP contribution in [0.15, 0.2) is 46.8 Å². The van der Waals surface area contributed by atoms with Crippen molar-refractivity contribution >= 4 is 68.9 Å². The molecular weight excluding hydrogens is 449 g/mol. The molecule has 3 rings (SSSR count). The van der Waals surface area contributed by atoms with Crippen LogP contribution in [0, 0.1) is 0 Å². The first kappa shape index (κ1) is 20.2. The van der Waals surface area contributed by atoms with E-state index in [4.69, 9.17) is 39.5 Å². The number of nitrogens with one attached hydrogen (secondary N) is 1. The van der Waals surface area contributed by atoms with Crippen LogP contribution in [-0.2, 0) is 10.5 Å². The molecule has 1 heterocycles. The number of hydrogen-bond acceptors (Lipinski definition) is 6. The van der Waals surface area contributed by atoms with E-state index in [9.17, 15) is 4.79 Å². The maximum Gasteiger partial charge on any atom is 0.264 e. The van der Waals surface area contributed by atoms with Crippen molar-refractivity contribution in [2.24, 2.45) is 0 Å². The summed E-state index contributed by atoms with van der Waals surface area (Å²) in [5, 5.41) is 12.6. The Balaban J connectivity index is 1.48. The SMILES string of the molecule is O=C(COc1ccc(Cl)cc1Cl)Nc1nnc(SCc2ccc(Cl)cc2)s1. The van der Waals surface area contributed by atoms with Gasteiger partial charge < -0.3 is 4.74 Å². The molecule has 1 amide bonds. The smallest absolute Gasteiger partial charge is 0.264 e.